The molecule has 0 aromatic heterocycles. The van der Waals surface area contributed by atoms with E-state index in [1.807, 2.05) is 0 Å². The molecule has 1 atom stereocenters. The largest absolute Gasteiger partial charge is 0.505 e. The minimum atomic E-state index is -0.877. The fourth-order valence-corrected chi connectivity index (χ4v) is 1.26. The zero-order valence-corrected chi connectivity index (χ0v) is 7.94. The Hall–Kier alpha value is -1.64. The average Bonchev–Trinajstić information content (AvgIpc) is 2.22. The first-order valence-electron chi connectivity index (χ1n) is 4.39. The molecule has 0 unspecified atom stereocenters. The van der Waals surface area contributed by atoms with Gasteiger partial charge in [-0.15, -0.1) is 0 Å². The van der Waals surface area contributed by atoms with Crippen LogP contribution >= 0.6 is 0 Å². The molecule has 4 nitrogen and oxygen atoms in total. The summed E-state index contributed by atoms with van der Waals surface area (Å²) in [5, 5.41) is 26.6. The van der Waals surface area contributed by atoms with E-state index in [2.05, 4.69) is 0 Å². The molecule has 0 heterocycles. The van der Waals surface area contributed by atoms with Crippen molar-refractivity contribution in [3.05, 3.63) is 29.1 Å². The molecule has 0 aliphatic carbocycles. The van der Waals surface area contributed by atoms with E-state index < -0.39 is 17.6 Å². The number of halogens is 1. The van der Waals surface area contributed by atoms with E-state index in [0.717, 1.165) is 6.07 Å². The molecular weight excluding hydrogens is 199 g/mol. The number of nitriles is 1. The molecule has 0 radical (unpaired) electrons. The van der Waals surface area contributed by atoms with E-state index in [-0.39, 0.29) is 24.2 Å². The van der Waals surface area contributed by atoms with Gasteiger partial charge in [0.2, 0.25) is 0 Å². The van der Waals surface area contributed by atoms with Gasteiger partial charge in [0.05, 0.1) is 11.6 Å². The van der Waals surface area contributed by atoms with E-state index in [0.29, 0.717) is 0 Å². The topological polar surface area (TPSA) is 90.3 Å². The van der Waals surface area contributed by atoms with Crippen molar-refractivity contribution in [3.8, 4) is 11.8 Å². The Balaban J connectivity index is 3.16. The minimum Gasteiger partial charge on any atom is -0.505 e. The second-order valence-corrected chi connectivity index (χ2v) is 3.13. The molecule has 4 N–H and O–H groups in total. The van der Waals surface area contributed by atoms with Gasteiger partial charge in [-0.1, -0.05) is 0 Å². The summed E-state index contributed by atoms with van der Waals surface area (Å²) in [5.74, 6) is -1.44. The van der Waals surface area contributed by atoms with Crippen LogP contribution in [0.15, 0.2) is 12.1 Å². The summed E-state index contributed by atoms with van der Waals surface area (Å²) in [5.41, 5.74) is 5.83. The van der Waals surface area contributed by atoms with Gasteiger partial charge in [-0.25, -0.2) is 4.39 Å². The normalized spacial score (nSPS) is 12.1. The molecular formula is C10H11FN2O2. The van der Waals surface area contributed by atoms with Crippen molar-refractivity contribution in [2.45, 2.75) is 12.5 Å². The fourth-order valence-electron chi connectivity index (χ4n) is 1.26. The minimum absolute atomic E-state index is 0.0914. The van der Waals surface area contributed by atoms with Crippen LogP contribution in [0.5, 0.6) is 5.75 Å². The Morgan fingerprint density at radius 1 is 1.53 bits per heavy atom. The molecule has 5 heteroatoms. The highest BCUT2D eigenvalue weighted by Gasteiger charge is 2.15. The van der Waals surface area contributed by atoms with Crippen LogP contribution in [-0.2, 0) is 0 Å². The van der Waals surface area contributed by atoms with Crippen LogP contribution in [0.2, 0.25) is 0 Å². The Labute approximate surface area is 86.4 Å². The Morgan fingerprint density at radius 2 is 2.20 bits per heavy atom. The number of hydrogen-bond donors (Lipinski definition) is 3. The van der Waals surface area contributed by atoms with Gasteiger partial charge >= 0.3 is 0 Å². The third-order valence-electron chi connectivity index (χ3n) is 2.06. The summed E-state index contributed by atoms with van der Waals surface area (Å²) in [7, 11) is 0. The zero-order chi connectivity index (χ0) is 11.4. The third-order valence-corrected chi connectivity index (χ3v) is 2.06. The van der Waals surface area contributed by atoms with Gasteiger partial charge < -0.3 is 15.9 Å². The number of rotatable bonds is 3. The maximum Gasteiger partial charge on any atom is 0.166 e. The van der Waals surface area contributed by atoms with Gasteiger partial charge in [-0.05, 0) is 18.6 Å². The van der Waals surface area contributed by atoms with Crippen LogP contribution in [0.25, 0.3) is 0 Å². The molecule has 1 rings (SSSR count). The van der Waals surface area contributed by atoms with E-state index in [9.17, 15) is 9.50 Å². The number of hydrogen-bond acceptors (Lipinski definition) is 4. The van der Waals surface area contributed by atoms with Gasteiger partial charge in [0.1, 0.15) is 0 Å². The molecule has 1 aromatic carbocycles. The van der Waals surface area contributed by atoms with E-state index in [1.54, 1.807) is 6.07 Å². The second-order valence-electron chi connectivity index (χ2n) is 3.13. The molecule has 0 spiro atoms. The number of aliphatic hydroxyl groups is 1. The Kier molecular flexibility index (Phi) is 3.61. The molecule has 15 heavy (non-hydrogen) atoms. The summed E-state index contributed by atoms with van der Waals surface area (Å²) in [6.07, 6.45) is 0.196. The van der Waals surface area contributed by atoms with E-state index in [1.165, 1.54) is 6.07 Å². The van der Waals surface area contributed by atoms with Crippen molar-refractivity contribution in [1.29, 1.82) is 5.26 Å². The molecule has 1 aromatic rings. The predicted octanol–water partition coefficient (Wildman–Crippen LogP) is 0.785. The maximum absolute atomic E-state index is 13.1. The first-order chi connectivity index (χ1) is 7.10. The summed E-state index contributed by atoms with van der Waals surface area (Å²) in [6, 6.07) is 3.33. The third kappa shape index (κ3) is 2.43. The summed E-state index contributed by atoms with van der Waals surface area (Å²) in [4.78, 5) is 0. The van der Waals surface area contributed by atoms with Crippen LogP contribution in [0, 0.1) is 17.1 Å². The van der Waals surface area contributed by atoms with Crippen molar-refractivity contribution >= 4 is 0 Å². The summed E-state index contributed by atoms with van der Waals surface area (Å²) < 4.78 is 13.1. The van der Waals surface area contributed by atoms with Gasteiger partial charge in [-0.3, -0.25) is 0 Å². The molecule has 0 saturated heterocycles. The predicted molar refractivity (Wildman–Crippen MR) is 51.4 cm³/mol. The van der Waals surface area contributed by atoms with Crippen molar-refractivity contribution in [2.24, 2.45) is 5.73 Å². The lowest BCUT2D eigenvalue weighted by Gasteiger charge is -2.12. The molecule has 0 fully saturated rings. The quantitative estimate of drug-likeness (QED) is 0.687. The fraction of sp³-hybridized carbons (Fsp3) is 0.300. The smallest absolute Gasteiger partial charge is 0.166 e. The van der Waals surface area contributed by atoms with Crippen LogP contribution in [0.3, 0.4) is 0 Å². The highest BCUT2D eigenvalue weighted by molar-refractivity contribution is 5.43. The summed E-state index contributed by atoms with van der Waals surface area (Å²) in [6.45, 7) is -0.168. The zero-order valence-electron chi connectivity index (χ0n) is 7.94. The monoisotopic (exact) mass is 210 g/mol. The van der Waals surface area contributed by atoms with Crippen LogP contribution in [-0.4, -0.2) is 16.8 Å². The first-order valence-corrected chi connectivity index (χ1v) is 4.39. The molecule has 0 saturated carbocycles. The lowest BCUT2D eigenvalue weighted by Crippen LogP contribution is -2.12. The van der Waals surface area contributed by atoms with Crippen molar-refractivity contribution < 1.29 is 14.6 Å². The molecule has 0 amide bonds. The number of phenols is 1. The van der Waals surface area contributed by atoms with Gasteiger partial charge in [0, 0.05) is 18.2 Å². The van der Waals surface area contributed by atoms with Gasteiger partial charge in [0.25, 0.3) is 0 Å². The van der Waals surface area contributed by atoms with Crippen LogP contribution < -0.4 is 5.73 Å². The van der Waals surface area contributed by atoms with E-state index >= 15 is 0 Å². The number of aromatic hydroxyl groups is 1. The number of nitrogens with two attached hydrogens (primary N) is 1. The molecule has 0 bridgehead atoms. The van der Waals surface area contributed by atoms with E-state index in [4.69, 9.17) is 16.1 Å². The highest BCUT2D eigenvalue weighted by Crippen LogP contribution is 2.28. The van der Waals surface area contributed by atoms with Crippen LogP contribution in [0.4, 0.5) is 4.39 Å². The standard InChI is InChI=1S/C10H11FN2O2/c11-8-4-6(5-12)3-7(10(8)15)9(13)1-2-14/h3-4,9,14-15H,1-2,13H2/t9-/m1/s1. The molecule has 0 aliphatic heterocycles. The number of nitrogens with zero attached hydrogens (tertiary/aromatic N) is 1. The number of phenolic OH excluding ortho intramolecular Hbond substituents is 1. The average molecular weight is 210 g/mol. The van der Waals surface area contributed by atoms with Gasteiger partial charge in [-0.2, -0.15) is 5.26 Å². The first kappa shape index (κ1) is 11.4. The van der Waals surface area contributed by atoms with Crippen molar-refractivity contribution in [3.63, 3.8) is 0 Å². The van der Waals surface area contributed by atoms with Gasteiger partial charge in [0.15, 0.2) is 11.6 Å². The lowest BCUT2D eigenvalue weighted by atomic mass is 10.0. The maximum atomic E-state index is 13.1. The SMILES string of the molecule is N#Cc1cc(F)c(O)c([C@H](N)CCO)c1. The highest BCUT2D eigenvalue weighted by atomic mass is 19.1. The number of aliphatic hydroxyl groups excluding tert-OH is 1. The lowest BCUT2D eigenvalue weighted by molar-refractivity contribution is 0.275. The Morgan fingerprint density at radius 3 is 2.73 bits per heavy atom. The van der Waals surface area contributed by atoms with Crippen molar-refractivity contribution in [1.82, 2.24) is 0 Å². The second kappa shape index (κ2) is 4.73. The molecule has 0 aliphatic rings. The van der Waals surface area contributed by atoms with Crippen molar-refractivity contribution in [2.75, 3.05) is 6.61 Å². The summed E-state index contributed by atoms with van der Waals surface area (Å²) >= 11 is 0. The number of benzene rings is 1. The van der Waals surface area contributed by atoms with Crippen LogP contribution in [0.1, 0.15) is 23.6 Å². The Bertz CT molecular complexity index is 401. The molecule has 80 valence electrons.